The number of aromatic carboxylic acids is 1. The second-order valence-corrected chi connectivity index (χ2v) is 6.11. The molecule has 1 heterocycles. The van der Waals surface area contributed by atoms with Crippen molar-refractivity contribution in [3.63, 3.8) is 0 Å². The molecule has 0 saturated carbocycles. The highest BCUT2D eigenvalue weighted by Gasteiger charge is 2.25. The van der Waals surface area contributed by atoms with Gasteiger partial charge in [-0.3, -0.25) is 9.59 Å². The van der Waals surface area contributed by atoms with Gasteiger partial charge in [0.2, 0.25) is 5.91 Å². The molecule has 1 aromatic carbocycles. The molecule has 0 radical (unpaired) electrons. The van der Waals surface area contributed by atoms with Gasteiger partial charge in [-0.05, 0) is 37.1 Å². The molecular weight excluding hydrogens is 296 g/mol. The zero-order chi connectivity index (χ0) is 17.0. The Kier molecular flexibility index (Phi) is 5.36. The van der Waals surface area contributed by atoms with E-state index in [9.17, 15) is 14.4 Å². The summed E-state index contributed by atoms with van der Waals surface area (Å²) in [5.74, 6) is -1.11. The minimum Gasteiger partial charge on any atom is -0.478 e. The van der Waals surface area contributed by atoms with E-state index in [-0.39, 0.29) is 29.3 Å². The summed E-state index contributed by atoms with van der Waals surface area (Å²) in [5.41, 5.74) is 0.649. The Hall–Kier alpha value is -2.37. The monoisotopic (exact) mass is 318 g/mol. The number of nitrogens with one attached hydrogen (secondary N) is 1. The molecule has 0 aliphatic carbocycles. The largest absolute Gasteiger partial charge is 0.478 e. The van der Waals surface area contributed by atoms with E-state index in [4.69, 9.17) is 5.11 Å². The number of piperidine rings is 1. The van der Waals surface area contributed by atoms with E-state index < -0.39 is 5.97 Å². The number of benzene rings is 1. The number of carbonyl (C=O) groups is 3. The van der Waals surface area contributed by atoms with Crippen molar-refractivity contribution in [3.8, 4) is 0 Å². The molecule has 1 aromatic rings. The summed E-state index contributed by atoms with van der Waals surface area (Å²) in [6.07, 6.45) is 1.47. The average Bonchev–Trinajstić information content (AvgIpc) is 2.55. The van der Waals surface area contributed by atoms with Gasteiger partial charge in [0, 0.05) is 30.6 Å². The normalized spacial score (nSPS) is 15.5. The number of carbonyl (C=O) groups excluding carboxylic acids is 2. The maximum atomic E-state index is 12.4. The summed E-state index contributed by atoms with van der Waals surface area (Å²) in [6.45, 7) is 4.88. The summed E-state index contributed by atoms with van der Waals surface area (Å²) in [7, 11) is 0. The molecule has 2 amide bonds. The molecule has 0 spiro atoms. The average molecular weight is 318 g/mol. The van der Waals surface area contributed by atoms with Gasteiger partial charge in [-0.25, -0.2) is 4.79 Å². The lowest BCUT2D eigenvalue weighted by molar-refractivity contribution is -0.124. The van der Waals surface area contributed by atoms with Gasteiger partial charge in [0.05, 0.1) is 5.56 Å². The smallest absolute Gasteiger partial charge is 0.335 e. The molecule has 124 valence electrons. The predicted octanol–water partition coefficient (Wildman–Crippen LogP) is 1.76. The van der Waals surface area contributed by atoms with Crippen LogP contribution < -0.4 is 5.32 Å². The second-order valence-electron chi connectivity index (χ2n) is 6.11. The Morgan fingerprint density at radius 2 is 1.61 bits per heavy atom. The van der Waals surface area contributed by atoms with Crippen LogP contribution in [0.3, 0.4) is 0 Å². The number of rotatable bonds is 4. The third-order valence-electron chi connectivity index (χ3n) is 4.03. The number of nitrogens with zero attached hydrogens (tertiary/aromatic N) is 1. The molecule has 6 heteroatoms. The first-order valence-electron chi connectivity index (χ1n) is 7.81. The Morgan fingerprint density at radius 3 is 2.09 bits per heavy atom. The minimum atomic E-state index is -1.01. The SMILES string of the molecule is CC(C)C(=O)NC1CCN(C(=O)c2ccc(C(=O)O)cc2)CC1. The Labute approximate surface area is 135 Å². The number of hydrogen-bond acceptors (Lipinski definition) is 3. The molecule has 0 unspecified atom stereocenters. The quantitative estimate of drug-likeness (QED) is 0.885. The molecular formula is C17H22N2O4. The molecule has 6 nitrogen and oxygen atoms in total. The highest BCUT2D eigenvalue weighted by atomic mass is 16.4. The van der Waals surface area contributed by atoms with E-state index in [1.165, 1.54) is 12.1 Å². The van der Waals surface area contributed by atoms with Crippen molar-refractivity contribution in [2.24, 2.45) is 5.92 Å². The van der Waals surface area contributed by atoms with Crippen LogP contribution in [0.1, 0.15) is 47.4 Å². The molecule has 23 heavy (non-hydrogen) atoms. The zero-order valence-corrected chi connectivity index (χ0v) is 13.4. The first-order chi connectivity index (χ1) is 10.9. The van der Waals surface area contributed by atoms with Crippen LogP contribution >= 0.6 is 0 Å². The van der Waals surface area contributed by atoms with E-state index >= 15 is 0 Å². The van der Waals surface area contributed by atoms with Gasteiger partial charge < -0.3 is 15.3 Å². The van der Waals surface area contributed by atoms with Crippen LogP contribution in [0.4, 0.5) is 0 Å². The Balaban J connectivity index is 1.90. The van der Waals surface area contributed by atoms with Crippen LogP contribution in [0.25, 0.3) is 0 Å². The molecule has 1 aliphatic rings. The maximum Gasteiger partial charge on any atom is 0.335 e. The molecule has 0 bridgehead atoms. The lowest BCUT2D eigenvalue weighted by Gasteiger charge is -2.32. The van der Waals surface area contributed by atoms with Gasteiger partial charge in [0.25, 0.3) is 5.91 Å². The van der Waals surface area contributed by atoms with Crippen molar-refractivity contribution in [1.82, 2.24) is 10.2 Å². The lowest BCUT2D eigenvalue weighted by Crippen LogP contribution is -2.47. The van der Waals surface area contributed by atoms with Gasteiger partial charge >= 0.3 is 5.97 Å². The van der Waals surface area contributed by atoms with E-state index in [0.29, 0.717) is 18.7 Å². The molecule has 1 fully saturated rings. The summed E-state index contributed by atoms with van der Waals surface area (Å²) >= 11 is 0. The fourth-order valence-electron chi connectivity index (χ4n) is 2.53. The van der Waals surface area contributed by atoms with Crippen LogP contribution in [0.5, 0.6) is 0 Å². The van der Waals surface area contributed by atoms with Crippen LogP contribution in [-0.2, 0) is 4.79 Å². The lowest BCUT2D eigenvalue weighted by atomic mass is 10.0. The predicted molar refractivity (Wildman–Crippen MR) is 85.3 cm³/mol. The summed E-state index contributed by atoms with van der Waals surface area (Å²) in [6, 6.07) is 6.07. The van der Waals surface area contributed by atoms with Crippen LogP contribution in [0, 0.1) is 5.92 Å². The molecule has 1 aliphatic heterocycles. The third kappa shape index (κ3) is 4.31. The van der Waals surface area contributed by atoms with Crippen LogP contribution in [0.2, 0.25) is 0 Å². The first kappa shape index (κ1) is 17.0. The first-order valence-corrected chi connectivity index (χ1v) is 7.81. The highest BCUT2D eigenvalue weighted by molar-refractivity contribution is 5.96. The number of hydrogen-bond donors (Lipinski definition) is 2. The second kappa shape index (κ2) is 7.26. The maximum absolute atomic E-state index is 12.4. The van der Waals surface area contributed by atoms with E-state index in [1.807, 2.05) is 13.8 Å². The third-order valence-corrected chi connectivity index (χ3v) is 4.03. The number of amides is 2. The molecule has 2 rings (SSSR count). The zero-order valence-electron chi connectivity index (χ0n) is 13.4. The van der Waals surface area contributed by atoms with Crippen LogP contribution in [0.15, 0.2) is 24.3 Å². The Morgan fingerprint density at radius 1 is 1.09 bits per heavy atom. The number of carboxylic acids is 1. The molecule has 0 atom stereocenters. The Bertz CT molecular complexity index is 587. The topological polar surface area (TPSA) is 86.7 Å². The van der Waals surface area contributed by atoms with Crippen molar-refractivity contribution in [3.05, 3.63) is 35.4 Å². The van der Waals surface area contributed by atoms with Gasteiger partial charge in [-0.15, -0.1) is 0 Å². The number of carboxylic acid groups (broad SMARTS) is 1. The minimum absolute atomic E-state index is 0.0394. The summed E-state index contributed by atoms with van der Waals surface area (Å²) in [4.78, 5) is 36.7. The number of likely N-dealkylation sites (tertiary alicyclic amines) is 1. The molecule has 1 saturated heterocycles. The van der Waals surface area contributed by atoms with Gasteiger partial charge in [0.1, 0.15) is 0 Å². The van der Waals surface area contributed by atoms with Crippen molar-refractivity contribution in [2.75, 3.05) is 13.1 Å². The van der Waals surface area contributed by atoms with Crippen molar-refractivity contribution >= 4 is 17.8 Å². The van der Waals surface area contributed by atoms with Crippen molar-refractivity contribution < 1.29 is 19.5 Å². The van der Waals surface area contributed by atoms with Crippen LogP contribution in [-0.4, -0.2) is 46.9 Å². The standard InChI is InChI=1S/C17H22N2O4/c1-11(2)15(20)18-14-7-9-19(10-8-14)16(21)12-3-5-13(6-4-12)17(22)23/h3-6,11,14H,7-10H2,1-2H3,(H,18,20)(H,22,23). The highest BCUT2D eigenvalue weighted by Crippen LogP contribution is 2.15. The summed E-state index contributed by atoms with van der Waals surface area (Å²) < 4.78 is 0. The van der Waals surface area contributed by atoms with E-state index in [0.717, 1.165) is 12.8 Å². The van der Waals surface area contributed by atoms with Crippen molar-refractivity contribution in [2.45, 2.75) is 32.7 Å². The fraction of sp³-hybridized carbons (Fsp3) is 0.471. The molecule has 0 aromatic heterocycles. The van der Waals surface area contributed by atoms with Gasteiger partial charge in [-0.2, -0.15) is 0 Å². The van der Waals surface area contributed by atoms with Crippen molar-refractivity contribution in [1.29, 1.82) is 0 Å². The fourth-order valence-corrected chi connectivity index (χ4v) is 2.53. The van der Waals surface area contributed by atoms with E-state index in [2.05, 4.69) is 5.32 Å². The molecule has 2 N–H and O–H groups in total. The summed E-state index contributed by atoms with van der Waals surface area (Å²) in [5, 5.41) is 11.9. The van der Waals surface area contributed by atoms with Gasteiger partial charge in [0.15, 0.2) is 0 Å². The van der Waals surface area contributed by atoms with E-state index in [1.54, 1.807) is 17.0 Å². The van der Waals surface area contributed by atoms with Gasteiger partial charge in [-0.1, -0.05) is 13.8 Å².